The van der Waals surface area contributed by atoms with E-state index in [9.17, 15) is 26.5 Å². The van der Waals surface area contributed by atoms with E-state index in [1.54, 1.807) is 0 Å². The Morgan fingerprint density at radius 2 is 1.33 bits per heavy atom. The van der Waals surface area contributed by atoms with E-state index < -0.39 is 19.4 Å². The Balaban J connectivity index is -0.000000167. The molecule has 0 rings (SSSR count). The predicted molar refractivity (Wildman–Crippen MR) is 31.0 cm³/mol. The Morgan fingerprint density at radius 3 is 1.33 bits per heavy atom. The Hall–Kier alpha value is 1.37. The molecule has 0 amide bonds. The first kappa shape index (κ1) is 15.8. The molecule has 2 N–H and O–H groups in total. The fraction of sp³-hybridized carbons (Fsp3) is 1.00. The van der Waals surface area contributed by atoms with Crippen LogP contribution < -0.4 is 0 Å². The topological polar surface area (TPSA) is 57.5 Å². The molecular formula is C2H4BaF5O3P. The standard InChI is InChI=1S/C2H2F5O3P.Ba.2H/c3-1(4,5)2(6,7)11(8,9)10;;;/h(H2,8,9,10);;;/q;+2;2*-1. The summed E-state index contributed by atoms with van der Waals surface area (Å²) in [5.41, 5.74) is -5.96. The molecule has 0 heterocycles. The first-order valence-electron chi connectivity index (χ1n) is 2.00. The van der Waals surface area contributed by atoms with Crippen LogP contribution in [0.15, 0.2) is 0 Å². The van der Waals surface area contributed by atoms with Crippen molar-refractivity contribution in [2.75, 3.05) is 0 Å². The van der Waals surface area contributed by atoms with Crippen LogP contribution in [0.1, 0.15) is 2.85 Å². The Kier molecular flexibility index (Phi) is 5.62. The molecule has 10 heteroatoms. The number of alkyl halides is 5. The molecule has 0 aromatic heterocycles. The average molecular weight is 339 g/mol. The SMILES string of the molecule is O=P(O)(O)C(F)(F)C(F)(F)F.[Ba+2].[H-].[H-]. The van der Waals surface area contributed by atoms with Crippen LogP contribution in [0.5, 0.6) is 0 Å². The molecule has 0 aliphatic heterocycles. The monoisotopic (exact) mass is 340 g/mol. The third-order valence-corrected chi connectivity index (χ3v) is 1.69. The van der Waals surface area contributed by atoms with Crippen molar-refractivity contribution in [1.82, 2.24) is 0 Å². The van der Waals surface area contributed by atoms with E-state index in [0.717, 1.165) is 0 Å². The fourth-order valence-corrected chi connectivity index (χ4v) is 0.495. The zero-order valence-corrected chi connectivity index (χ0v) is 10.7. The maximum atomic E-state index is 11.5. The van der Waals surface area contributed by atoms with Crippen molar-refractivity contribution in [2.24, 2.45) is 0 Å². The van der Waals surface area contributed by atoms with Crippen LogP contribution in [0.2, 0.25) is 0 Å². The van der Waals surface area contributed by atoms with E-state index in [1.807, 2.05) is 0 Å². The minimum atomic E-state index is -6.45. The molecule has 12 heavy (non-hydrogen) atoms. The largest absolute Gasteiger partial charge is 2.00 e. The first-order valence-corrected chi connectivity index (χ1v) is 3.61. The zero-order valence-electron chi connectivity index (χ0n) is 7.35. The van der Waals surface area contributed by atoms with Gasteiger partial charge in [0.1, 0.15) is 0 Å². The van der Waals surface area contributed by atoms with Gasteiger partial charge in [0.15, 0.2) is 0 Å². The fourth-order valence-electron chi connectivity index (χ4n) is 0.165. The number of rotatable bonds is 1. The van der Waals surface area contributed by atoms with Crippen molar-refractivity contribution in [3.8, 4) is 0 Å². The minimum Gasteiger partial charge on any atom is -1.00 e. The van der Waals surface area contributed by atoms with Crippen LogP contribution in [-0.4, -0.2) is 70.5 Å². The van der Waals surface area contributed by atoms with Crippen molar-refractivity contribution >= 4 is 56.5 Å². The Morgan fingerprint density at radius 1 is 1.08 bits per heavy atom. The summed E-state index contributed by atoms with van der Waals surface area (Å²) in [5.74, 6) is 0. The Bertz CT molecular complexity index is 204. The maximum Gasteiger partial charge on any atom is 2.00 e. The maximum absolute atomic E-state index is 11.5. The average Bonchev–Trinajstić information content (AvgIpc) is 1.58. The van der Waals surface area contributed by atoms with E-state index in [-0.39, 0.29) is 51.7 Å². The number of hydrogen-bond donors (Lipinski definition) is 2. The first-order chi connectivity index (χ1) is 4.50. The summed E-state index contributed by atoms with van der Waals surface area (Å²) >= 11 is 0. The molecule has 0 bridgehead atoms. The van der Waals surface area contributed by atoms with Crippen LogP contribution in [0, 0.1) is 0 Å². The molecule has 0 saturated heterocycles. The molecule has 0 spiro atoms. The molecule has 72 valence electrons. The summed E-state index contributed by atoms with van der Waals surface area (Å²) < 4.78 is 65.9. The number of hydrogen-bond acceptors (Lipinski definition) is 1. The van der Waals surface area contributed by atoms with Gasteiger partial charge in [0.2, 0.25) is 0 Å². The molecular weight excluding hydrogens is 335 g/mol. The van der Waals surface area contributed by atoms with E-state index in [1.165, 1.54) is 0 Å². The van der Waals surface area contributed by atoms with Gasteiger partial charge in [-0.15, -0.1) is 0 Å². The van der Waals surface area contributed by atoms with E-state index >= 15 is 0 Å². The van der Waals surface area contributed by atoms with Crippen LogP contribution in [0.3, 0.4) is 0 Å². The molecule has 0 aromatic rings. The van der Waals surface area contributed by atoms with Gasteiger partial charge in [-0.25, -0.2) is 0 Å². The van der Waals surface area contributed by atoms with Crippen molar-refractivity contribution in [1.29, 1.82) is 0 Å². The van der Waals surface area contributed by atoms with E-state index in [0.29, 0.717) is 0 Å². The van der Waals surface area contributed by atoms with Crippen LogP contribution in [0.25, 0.3) is 0 Å². The molecule has 0 fully saturated rings. The summed E-state index contributed by atoms with van der Waals surface area (Å²) in [5, 5.41) is 0. The molecule has 0 aromatic carbocycles. The second-order valence-corrected chi connectivity index (χ2v) is 3.23. The zero-order chi connectivity index (χ0) is 9.50. The normalized spacial score (nSPS) is 13.9. The molecule has 0 atom stereocenters. The van der Waals surface area contributed by atoms with Crippen LogP contribution in [0.4, 0.5) is 22.0 Å². The van der Waals surface area contributed by atoms with Gasteiger partial charge in [-0.2, -0.15) is 22.0 Å². The van der Waals surface area contributed by atoms with Gasteiger partial charge >= 0.3 is 68.3 Å². The van der Waals surface area contributed by atoms with Crippen molar-refractivity contribution < 1.29 is 39.2 Å². The predicted octanol–water partition coefficient (Wildman–Crippen LogP) is 1.16. The van der Waals surface area contributed by atoms with Crippen molar-refractivity contribution in [3.05, 3.63) is 0 Å². The van der Waals surface area contributed by atoms with E-state index in [4.69, 9.17) is 9.79 Å². The molecule has 0 aliphatic rings. The smallest absolute Gasteiger partial charge is 1.00 e. The molecule has 0 radical (unpaired) electrons. The van der Waals surface area contributed by atoms with Gasteiger partial charge < -0.3 is 12.6 Å². The minimum absolute atomic E-state index is 0. The summed E-state index contributed by atoms with van der Waals surface area (Å²) in [6, 6.07) is 0. The second-order valence-electron chi connectivity index (χ2n) is 1.58. The van der Waals surface area contributed by atoms with Crippen molar-refractivity contribution in [2.45, 2.75) is 11.8 Å². The van der Waals surface area contributed by atoms with Crippen LogP contribution >= 0.6 is 7.60 Å². The second kappa shape index (κ2) is 4.26. The Labute approximate surface area is 107 Å². The number of halogens is 5. The molecule has 0 saturated carbocycles. The third-order valence-electron chi connectivity index (χ3n) is 0.707. The van der Waals surface area contributed by atoms with Crippen LogP contribution in [-0.2, 0) is 4.57 Å². The summed E-state index contributed by atoms with van der Waals surface area (Å²) in [7, 11) is -6.45. The molecule has 3 nitrogen and oxygen atoms in total. The third kappa shape index (κ3) is 3.26. The quantitative estimate of drug-likeness (QED) is 0.428. The summed E-state index contributed by atoms with van der Waals surface area (Å²) in [6.45, 7) is 0. The summed E-state index contributed by atoms with van der Waals surface area (Å²) in [4.78, 5) is 15.0. The van der Waals surface area contributed by atoms with Gasteiger partial charge in [0.05, 0.1) is 0 Å². The molecule has 0 unspecified atom stereocenters. The summed E-state index contributed by atoms with van der Waals surface area (Å²) in [6.07, 6.45) is -6.22. The van der Waals surface area contributed by atoms with Gasteiger partial charge in [0, 0.05) is 0 Å². The molecule has 0 aliphatic carbocycles. The van der Waals surface area contributed by atoms with Gasteiger partial charge in [-0.1, -0.05) is 0 Å². The van der Waals surface area contributed by atoms with Gasteiger partial charge in [-0.3, -0.25) is 4.57 Å². The van der Waals surface area contributed by atoms with E-state index in [2.05, 4.69) is 0 Å². The van der Waals surface area contributed by atoms with Crippen molar-refractivity contribution in [3.63, 3.8) is 0 Å². The van der Waals surface area contributed by atoms with Gasteiger partial charge in [0.25, 0.3) is 0 Å². The van der Waals surface area contributed by atoms with Gasteiger partial charge in [-0.05, 0) is 0 Å².